The van der Waals surface area contributed by atoms with Crippen molar-refractivity contribution in [2.75, 3.05) is 26.2 Å². The summed E-state index contributed by atoms with van der Waals surface area (Å²) in [6, 6.07) is 0.328. The molecule has 1 rings (SSSR count). The first kappa shape index (κ1) is 14.4. The van der Waals surface area contributed by atoms with Gasteiger partial charge >= 0.3 is 5.97 Å². The number of nitrogens with zero attached hydrogens (tertiary/aromatic N) is 1. The SMILES string of the molecule is CCCN1CCC(NCC(C)(O)C(=O)O)CC1. The number of carboxylic acids is 1. The zero-order chi connectivity index (χ0) is 12.9. The monoisotopic (exact) mass is 244 g/mol. The first-order valence-corrected chi connectivity index (χ1v) is 6.37. The summed E-state index contributed by atoms with van der Waals surface area (Å²) in [5, 5.41) is 21.5. The van der Waals surface area contributed by atoms with Crippen LogP contribution in [0.4, 0.5) is 0 Å². The van der Waals surface area contributed by atoms with Crippen LogP contribution in [0.3, 0.4) is 0 Å². The number of hydrogen-bond acceptors (Lipinski definition) is 4. The van der Waals surface area contributed by atoms with E-state index >= 15 is 0 Å². The van der Waals surface area contributed by atoms with Crippen molar-refractivity contribution in [1.29, 1.82) is 0 Å². The summed E-state index contributed by atoms with van der Waals surface area (Å²) < 4.78 is 0. The minimum atomic E-state index is -1.67. The standard InChI is InChI=1S/C12H24N2O3/c1-3-6-14-7-4-10(5-8-14)13-9-12(2,17)11(15)16/h10,13,17H,3-9H2,1-2H3,(H,15,16). The van der Waals surface area contributed by atoms with Crippen molar-refractivity contribution in [2.24, 2.45) is 0 Å². The van der Waals surface area contributed by atoms with Crippen molar-refractivity contribution >= 4 is 5.97 Å². The molecular weight excluding hydrogens is 220 g/mol. The molecule has 1 aliphatic heterocycles. The van der Waals surface area contributed by atoms with Crippen molar-refractivity contribution < 1.29 is 15.0 Å². The van der Waals surface area contributed by atoms with E-state index in [2.05, 4.69) is 17.1 Å². The van der Waals surface area contributed by atoms with Gasteiger partial charge in [0.05, 0.1) is 0 Å². The second kappa shape index (κ2) is 6.33. The fourth-order valence-electron chi connectivity index (χ4n) is 2.10. The highest BCUT2D eigenvalue weighted by Gasteiger charge is 2.30. The largest absolute Gasteiger partial charge is 0.479 e. The Morgan fingerprint density at radius 1 is 1.47 bits per heavy atom. The summed E-state index contributed by atoms with van der Waals surface area (Å²) in [5.41, 5.74) is -1.67. The Balaban J connectivity index is 2.25. The van der Waals surface area contributed by atoms with Gasteiger partial charge in [-0.2, -0.15) is 0 Å². The van der Waals surface area contributed by atoms with Crippen LogP contribution >= 0.6 is 0 Å². The lowest BCUT2D eigenvalue weighted by molar-refractivity contribution is -0.156. The van der Waals surface area contributed by atoms with Crippen LogP contribution in [0.1, 0.15) is 33.1 Å². The molecule has 0 aromatic heterocycles. The summed E-state index contributed by atoms with van der Waals surface area (Å²) in [6.07, 6.45) is 3.22. The number of aliphatic carboxylic acids is 1. The third kappa shape index (κ3) is 4.61. The summed E-state index contributed by atoms with van der Waals surface area (Å²) in [4.78, 5) is 13.2. The second-order valence-electron chi connectivity index (χ2n) is 5.08. The van der Waals surface area contributed by atoms with E-state index in [0.717, 1.165) is 32.5 Å². The lowest BCUT2D eigenvalue weighted by atomic mass is 10.0. The van der Waals surface area contributed by atoms with E-state index in [4.69, 9.17) is 5.11 Å². The lowest BCUT2D eigenvalue weighted by Crippen LogP contribution is -2.50. The topological polar surface area (TPSA) is 72.8 Å². The van der Waals surface area contributed by atoms with Crippen LogP contribution in [0.15, 0.2) is 0 Å². The Morgan fingerprint density at radius 2 is 2.06 bits per heavy atom. The van der Waals surface area contributed by atoms with Crippen molar-refractivity contribution in [3.8, 4) is 0 Å². The average molecular weight is 244 g/mol. The molecule has 0 aromatic carbocycles. The van der Waals surface area contributed by atoms with Crippen LogP contribution < -0.4 is 5.32 Å². The normalized spacial score (nSPS) is 22.3. The van der Waals surface area contributed by atoms with Crippen LogP contribution in [0, 0.1) is 0 Å². The molecule has 0 saturated carbocycles. The minimum Gasteiger partial charge on any atom is -0.479 e. The van der Waals surface area contributed by atoms with E-state index in [-0.39, 0.29) is 6.54 Å². The molecule has 1 fully saturated rings. The van der Waals surface area contributed by atoms with Gasteiger partial charge in [0.15, 0.2) is 5.60 Å². The van der Waals surface area contributed by atoms with E-state index in [1.807, 2.05) is 0 Å². The van der Waals surface area contributed by atoms with Gasteiger partial charge in [0, 0.05) is 12.6 Å². The quantitative estimate of drug-likeness (QED) is 0.626. The van der Waals surface area contributed by atoms with Crippen LogP contribution in [0.25, 0.3) is 0 Å². The first-order chi connectivity index (χ1) is 7.95. The first-order valence-electron chi connectivity index (χ1n) is 6.37. The van der Waals surface area contributed by atoms with E-state index in [1.54, 1.807) is 0 Å². The Kier molecular flexibility index (Phi) is 5.36. The summed E-state index contributed by atoms with van der Waals surface area (Å²) >= 11 is 0. The number of aliphatic hydroxyl groups is 1. The Hall–Kier alpha value is -0.650. The van der Waals surface area contributed by atoms with E-state index in [9.17, 15) is 9.90 Å². The predicted octanol–water partition coefficient (Wildman–Crippen LogP) is 0.286. The molecule has 5 heteroatoms. The molecule has 1 saturated heterocycles. The number of piperidine rings is 1. The third-order valence-electron chi connectivity index (χ3n) is 3.32. The van der Waals surface area contributed by atoms with Gasteiger partial charge in [-0.25, -0.2) is 4.79 Å². The molecule has 1 heterocycles. The molecule has 3 N–H and O–H groups in total. The number of nitrogens with one attached hydrogen (secondary N) is 1. The van der Waals surface area contributed by atoms with Gasteiger partial charge in [-0.05, 0) is 45.8 Å². The van der Waals surface area contributed by atoms with Crippen LogP contribution in [0.2, 0.25) is 0 Å². The van der Waals surface area contributed by atoms with Gasteiger partial charge in [-0.1, -0.05) is 6.92 Å². The molecule has 0 aliphatic carbocycles. The van der Waals surface area contributed by atoms with Gasteiger partial charge in [0.25, 0.3) is 0 Å². The highest BCUT2D eigenvalue weighted by Crippen LogP contribution is 2.11. The van der Waals surface area contributed by atoms with Gasteiger partial charge in [0.2, 0.25) is 0 Å². The highest BCUT2D eigenvalue weighted by atomic mass is 16.4. The summed E-state index contributed by atoms with van der Waals surface area (Å²) in [7, 11) is 0. The van der Waals surface area contributed by atoms with Crippen molar-refractivity contribution in [1.82, 2.24) is 10.2 Å². The molecule has 1 aliphatic rings. The zero-order valence-electron chi connectivity index (χ0n) is 10.8. The van der Waals surface area contributed by atoms with Gasteiger partial charge in [0.1, 0.15) is 0 Å². The molecule has 0 aromatic rings. The molecule has 100 valence electrons. The van der Waals surface area contributed by atoms with Gasteiger partial charge in [-0.3, -0.25) is 0 Å². The molecule has 0 amide bonds. The number of likely N-dealkylation sites (tertiary alicyclic amines) is 1. The van der Waals surface area contributed by atoms with Crippen LogP contribution in [0.5, 0.6) is 0 Å². The second-order valence-corrected chi connectivity index (χ2v) is 5.08. The van der Waals surface area contributed by atoms with Crippen LogP contribution in [-0.4, -0.2) is 58.9 Å². The number of hydrogen-bond donors (Lipinski definition) is 3. The highest BCUT2D eigenvalue weighted by molar-refractivity contribution is 5.76. The summed E-state index contributed by atoms with van der Waals surface area (Å²) in [6.45, 7) is 6.87. The predicted molar refractivity (Wildman–Crippen MR) is 66.0 cm³/mol. The smallest absolute Gasteiger partial charge is 0.336 e. The van der Waals surface area contributed by atoms with Crippen LogP contribution in [-0.2, 0) is 4.79 Å². The average Bonchev–Trinajstić information content (AvgIpc) is 2.28. The van der Waals surface area contributed by atoms with Gasteiger partial charge in [-0.15, -0.1) is 0 Å². The summed E-state index contributed by atoms with van der Waals surface area (Å²) in [5.74, 6) is -1.17. The van der Waals surface area contributed by atoms with Crippen molar-refractivity contribution in [3.63, 3.8) is 0 Å². The molecule has 1 atom stereocenters. The Morgan fingerprint density at radius 3 is 2.53 bits per heavy atom. The fourth-order valence-corrected chi connectivity index (χ4v) is 2.10. The number of carboxylic acid groups (broad SMARTS) is 1. The Labute approximate surface area is 103 Å². The Bertz CT molecular complexity index is 248. The van der Waals surface area contributed by atoms with E-state index < -0.39 is 11.6 Å². The minimum absolute atomic E-state index is 0.112. The van der Waals surface area contributed by atoms with E-state index in [1.165, 1.54) is 13.3 Å². The van der Waals surface area contributed by atoms with Crippen molar-refractivity contribution in [2.45, 2.75) is 44.8 Å². The maximum Gasteiger partial charge on any atom is 0.336 e. The number of rotatable bonds is 6. The molecule has 0 bridgehead atoms. The lowest BCUT2D eigenvalue weighted by Gasteiger charge is -2.33. The van der Waals surface area contributed by atoms with Crippen molar-refractivity contribution in [3.05, 3.63) is 0 Å². The molecule has 5 nitrogen and oxygen atoms in total. The molecular formula is C12H24N2O3. The zero-order valence-corrected chi connectivity index (χ0v) is 10.8. The molecule has 0 spiro atoms. The molecule has 1 unspecified atom stereocenters. The van der Waals surface area contributed by atoms with E-state index in [0.29, 0.717) is 6.04 Å². The molecule has 0 radical (unpaired) electrons. The number of carbonyl (C=O) groups is 1. The van der Waals surface area contributed by atoms with Gasteiger partial charge < -0.3 is 20.4 Å². The third-order valence-corrected chi connectivity index (χ3v) is 3.32. The fraction of sp³-hybridized carbons (Fsp3) is 0.917. The molecule has 17 heavy (non-hydrogen) atoms. The maximum absolute atomic E-state index is 10.7. The maximum atomic E-state index is 10.7.